The second kappa shape index (κ2) is 9.39. The first-order chi connectivity index (χ1) is 12.1. The minimum atomic E-state index is -0.427. The normalized spacial score (nSPS) is 11.4. The van der Waals surface area contributed by atoms with Crippen molar-refractivity contribution in [1.82, 2.24) is 10.7 Å². The molecule has 2 N–H and O–H groups in total. The van der Waals surface area contributed by atoms with E-state index in [1.807, 2.05) is 43.3 Å². The third kappa shape index (κ3) is 6.24. The first kappa shape index (κ1) is 18.4. The molecule has 6 heteroatoms. The molecule has 0 heterocycles. The Labute approximate surface area is 151 Å². The lowest BCUT2D eigenvalue weighted by atomic mass is 10.1. The number of rotatable bonds is 6. The van der Waals surface area contributed by atoms with Crippen LogP contribution in [0.1, 0.15) is 22.8 Å². The smallest absolute Gasteiger partial charge is 0.259 e. The molecule has 0 saturated carbocycles. The van der Waals surface area contributed by atoms with Gasteiger partial charge in [0.25, 0.3) is 11.8 Å². The highest BCUT2D eigenvalue weighted by atomic mass is 35.5. The highest BCUT2D eigenvalue weighted by Gasteiger charge is 2.10. The van der Waals surface area contributed by atoms with Crippen LogP contribution in [0.15, 0.2) is 65.3 Å². The molecule has 0 aliphatic carbocycles. The van der Waals surface area contributed by atoms with Gasteiger partial charge in [-0.1, -0.05) is 60.1 Å². The quantitative estimate of drug-likeness (QED) is 0.616. The molecule has 2 aromatic carbocycles. The molecule has 0 bridgehead atoms. The summed E-state index contributed by atoms with van der Waals surface area (Å²) in [6.07, 6.45) is 3.48. The van der Waals surface area contributed by atoms with Crippen LogP contribution >= 0.6 is 11.6 Å². The molecule has 2 amide bonds. The summed E-state index contributed by atoms with van der Waals surface area (Å²) in [4.78, 5) is 23.6. The second-order valence-electron chi connectivity index (χ2n) is 5.25. The summed E-state index contributed by atoms with van der Waals surface area (Å²) in [5.74, 6) is -0.839. The van der Waals surface area contributed by atoms with E-state index in [9.17, 15) is 9.59 Å². The highest BCUT2D eigenvalue weighted by Crippen LogP contribution is 2.14. The number of allylic oxidation sites excluding steroid dienone is 1. The lowest BCUT2D eigenvalue weighted by Gasteiger charge is -2.05. The molecule has 0 fully saturated rings. The summed E-state index contributed by atoms with van der Waals surface area (Å²) in [6, 6.07) is 16.4. The monoisotopic (exact) mass is 355 g/mol. The molecule has 0 aliphatic heterocycles. The fraction of sp³-hybridized carbons (Fsp3) is 0.105. The van der Waals surface area contributed by atoms with Crippen LogP contribution in [0.25, 0.3) is 6.08 Å². The van der Waals surface area contributed by atoms with Crippen LogP contribution in [0.4, 0.5) is 0 Å². The molecular formula is C19H18ClN3O2. The van der Waals surface area contributed by atoms with Gasteiger partial charge in [-0.15, -0.1) is 0 Å². The van der Waals surface area contributed by atoms with Crippen molar-refractivity contribution in [1.29, 1.82) is 0 Å². The minimum absolute atomic E-state index is 0.192. The maximum Gasteiger partial charge on any atom is 0.259 e. The first-order valence-corrected chi connectivity index (χ1v) is 8.02. The van der Waals surface area contributed by atoms with Gasteiger partial charge in [-0.2, -0.15) is 5.10 Å². The topological polar surface area (TPSA) is 70.6 Å². The van der Waals surface area contributed by atoms with E-state index in [4.69, 9.17) is 11.6 Å². The molecule has 0 saturated heterocycles. The standard InChI is InChI=1S/C19H18ClN3O2/c1-14(11-15-7-3-2-4-8-15)12-22-23-18(24)13-21-19(25)16-9-5-6-10-17(16)20/h2-12H,13H2,1H3,(H,21,25)(H,23,24)/b14-11-,22-12+. The highest BCUT2D eigenvalue weighted by molar-refractivity contribution is 6.33. The molecule has 0 aromatic heterocycles. The molecule has 128 valence electrons. The van der Waals surface area contributed by atoms with Gasteiger partial charge in [-0.3, -0.25) is 9.59 Å². The number of amides is 2. The predicted molar refractivity (Wildman–Crippen MR) is 101 cm³/mol. The third-order valence-electron chi connectivity index (χ3n) is 3.18. The maximum atomic E-state index is 11.9. The van der Waals surface area contributed by atoms with E-state index in [0.29, 0.717) is 10.6 Å². The van der Waals surface area contributed by atoms with Gasteiger partial charge in [0.2, 0.25) is 0 Å². The summed E-state index contributed by atoms with van der Waals surface area (Å²) in [5.41, 5.74) is 4.61. The number of benzene rings is 2. The maximum absolute atomic E-state index is 11.9. The summed E-state index contributed by atoms with van der Waals surface area (Å²) >= 11 is 5.93. The van der Waals surface area contributed by atoms with Gasteiger partial charge < -0.3 is 5.32 Å². The number of nitrogens with one attached hydrogen (secondary N) is 2. The molecular weight excluding hydrogens is 338 g/mol. The van der Waals surface area contributed by atoms with Crippen molar-refractivity contribution >= 4 is 35.7 Å². The van der Waals surface area contributed by atoms with Crippen LogP contribution in [0.2, 0.25) is 5.02 Å². The fourth-order valence-electron chi connectivity index (χ4n) is 2.00. The third-order valence-corrected chi connectivity index (χ3v) is 3.51. The summed E-state index contributed by atoms with van der Waals surface area (Å²) in [6.45, 7) is 1.69. The zero-order chi connectivity index (χ0) is 18.1. The van der Waals surface area contributed by atoms with Gasteiger partial charge in [0.1, 0.15) is 0 Å². The van der Waals surface area contributed by atoms with Crippen molar-refractivity contribution in [3.05, 3.63) is 76.3 Å². The summed E-state index contributed by atoms with van der Waals surface area (Å²) in [5, 5.41) is 6.69. The Morgan fingerprint density at radius 3 is 2.48 bits per heavy atom. The largest absolute Gasteiger partial charge is 0.343 e. The van der Waals surface area contributed by atoms with E-state index < -0.39 is 11.8 Å². The van der Waals surface area contributed by atoms with Gasteiger partial charge in [-0.05, 0) is 30.2 Å². The van der Waals surface area contributed by atoms with Gasteiger partial charge in [-0.25, -0.2) is 5.43 Å². The molecule has 0 unspecified atom stereocenters. The molecule has 25 heavy (non-hydrogen) atoms. The van der Waals surface area contributed by atoms with Gasteiger partial charge in [0, 0.05) is 0 Å². The van der Waals surface area contributed by atoms with Gasteiger partial charge in [0.05, 0.1) is 23.3 Å². The second-order valence-corrected chi connectivity index (χ2v) is 5.66. The summed E-state index contributed by atoms with van der Waals surface area (Å²) in [7, 11) is 0. The number of hydrogen-bond donors (Lipinski definition) is 2. The van der Waals surface area contributed by atoms with Crippen LogP contribution in [-0.2, 0) is 4.79 Å². The number of hydrazone groups is 1. The van der Waals surface area contributed by atoms with Crippen molar-refractivity contribution in [3.63, 3.8) is 0 Å². The number of carbonyl (C=O) groups excluding carboxylic acids is 2. The van der Waals surface area contributed by atoms with E-state index in [2.05, 4.69) is 15.8 Å². The Bertz CT molecular complexity index is 801. The van der Waals surface area contributed by atoms with Crippen LogP contribution < -0.4 is 10.7 Å². The molecule has 2 aromatic rings. The Balaban J connectivity index is 1.80. The molecule has 0 spiro atoms. The first-order valence-electron chi connectivity index (χ1n) is 7.64. The predicted octanol–water partition coefficient (Wildman–Crippen LogP) is 3.28. The van der Waals surface area contributed by atoms with E-state index in [1.54, 1.807) is 30.5 Å². The average molecular weight is 356 g/mol. The Morgan fingerprint density at radius 1 is 1.08 bits per heavy atom. The number of halogens is 1. The lowest BCUT2D eigenvalue weighted by Crippen LogP contribution is -2.35. The number of hydrogen-bond acceptors (Lipinski definition) is 3. The Morgan fingerprint density at radius 2 is 1.76 bits per heavy atom. The SMILES string of the molecule is CC(=C/c1ccccc1)/C=N/NC(=O)CNC(=O)c1ccccc1Cl. The fourth-order valence-corrected chi connectivity index (χ4v) is 2.22. The van der Waals surface area contributed by atoms with Crippen molar-refractivity contribution in [2.24, 2.45) is 5.10 Å². The molecule has 0 radical (unpaired) electrons. The average Bonchev–Trinajstić information content (AvgIpc) is 2.61. The molecule has 0 aliphatic rings. The van der Waals surface area contributed by atoms with Gasteiger partial charge in [0.15, 0.2) is 0 Å². The minimum Gasteiger partial charge on any atom is -0.343 e. The zero-order valence-corrected chi connectivity index (χ0v) is 14.5. The summed E-state index contributed by atoms with van der Waals surface area (Å²) < 4.78 is 0. The van der Waals surface area contributed by atoms with Crippen molar-refractivity contribution in [2.45, 2.75) is 6.92 Å². The Kier molecular flexibility index (Phi) is 6.92. The molecule has 2 rings (SSSR count). The number of carbonyl (C=O) groups is 2. The molecule has 5 nitrogen and oxygen atoms in total. The van der Waals surface area contributed by atoms with E-state index in [-0.39, 0.29) is 6.54 Å². The Hall–Kier alpha value is -2.92. The zero-order valence-electron chi connectivity index (χ0n) is 13.7. The van der Waals surface area contributed by atoms with Crippen molar-refractivity contribution in [2.75, 3.05) is 6.54 Å². The van der Waals surface area contributed by atoms with Crippen LogP contribution in [0.5, 0.6) is 0 Å². The van der Waals surface area contributed by atoms with Crippen molar-refractivity contribution < 1.29 is 9.59 Å². The van der Waals surface area contributed by atoms with E-state index >= 15 is 0 Å². The number of nitrogens with zero attached hydrogens (tertiary/aromatic N) is 1. The lowest BCUT2D eigenvalue weighted by molar-refractivity contribution is -0.120. The van der Waals surface area contributed by atoms with E-state index in [1.165, 1.54) is 0 Å². The van der Waals surface area contributed by atoms with Crippen LogP contribution in [0, 0.1) is 0 Å². The van der Waals surface area contributed by atoms with Crippen molar-refractivity contribution in [3.8, 4) is 0 Å². The molecule has 0 atom stereocenters. The van der Waals surface area contributed by atoms with E-state index in [0.717, 1.165) is 11.1 Å². The van der Waals surface area contributed by atoms with Crippen LogP contribution in [0.3, 0.4) is 0 Å². The van der Waals surface area contributed by atoms with Gasteiger partial charge >= 0.3 is 0 Å². The van der Waals surface area contributed by atoms with Crippen LogP contribution in [-0.4, -0.2) is 24.6 Å².